The second-order valence-electron chi connectivity index (χ2n) is 3.59. The van der Waals surface area contributed by atoms with Crippen LogP contribution in [0.5, 0.6) is 5.75 Å². The molecule has 0 fully saturated rings. The first kappa shape index (κ1) is 15.1. The molecule has 19 heavy (non-hydrogen) atoms. The predicted molar refractivity (Wildman–Crippen MR) is 87.4 cm³/mol. The number of nitrogens with zero attached hydrogens (tertiary/aromatic N) is 1. The number of ether oxygens (including phenoxy) is 1. The van der Waals surface area contributed by atoms with Crippen molar-refractivity contribution in [2.75, 3.05) is 5.75 Å². The summed E-state index contributed by atoms with van der Waals surface area (Å²) in [5, 5.41) is 5.63. The molecule has 2 aromatic rings. The number of thioether (sulfide) groups is 1. The van der Waals surface area contributed by atoms with E-state index >= 15 is 0 Å². The molecule has 0 spiro atoms. The van der Waals surface area contributed by atoms with Crippen LogP contribution in [0.4, 0.5) is 0 Å². The minimum atomic E-state index is -0.0573. The van der Waals surface area contributed by atoms with E-state index < -0.39 is 0 Å². The highest BCUT2D eigenvalue weighted by molar-refractivity contribution is 9.10. The van der Waals surface area contributed by atoms with Gasteiger partial charge in [-0.05, 0) is 56.2 Å². The Balaban J connectivity index is 1.77. The van der Waals surface area contributed by atoms with E-state index in [9.17, 15) is 0 Å². The molecule has 2 rings (SSSR count). The number of benzene rings is 1. The van der Waals surface area contributed by atoms with E-state index in [0.29, 0.717) is 4.77 Å². The minimum absolute atomic E-state index is 0.0573. The number of alkyl halides is 1. The lowest BCUT2D eigenvalue weighted by molar-refractivity contribution is 0.316. The summed E-state index contributed by atoms with van der Waals surface area (Å²) in [5.41, 5.74) is 0. The number of nitrogens with one attached hydrogen (secondary N) is 2. The van der Waals surface area contributed by atoms with Crippen LogP contribution < -0.4 is 4.74 Å². The summed E-state index contributed by atoms with van der Waals surface area (Å²) in [6, 6.07) is 7.77. The topological polar surface area (TPSA) is 53.7 Å². The van der Waals surface area contributed by atoms with Gasteiger partial charge in [-0.3, -0.25) is 10.2 Å². The van der Waals surface area contributed by atoms with Crippen LogP contribution in [0.1, 0.15) is 5.82 Å². The van der Waals surface area contributed by atoms with Crippen LogP contribution in [0, 0.1) is 4.77 Å². The Morgan fingerprint density at radius 2 is 2.16 bits per heavy atom. The quantitative estimate of drug-likeness (QED) is 0.537. The van der Waals surface area contributed by atoms with E-state index in [4.69, 9.17) is 17.0 Å². The average molecular weight is 425 g/mol. The summed E-state index contributed by atoms with van der Waals surface area (Å²) in [6.45, 7) is 0. The van der Waals surface area contributed by atoms with Gasteiger partial charge in [-0.15, -0.1) is 11.8 Å². The predicted octanol–water partition coefficient (Wildman–Crippen LogP) is 4.26. The molecule has 0 aliphatic heterocycles. The molecule has 0 saturated carbocycles. The van der Waals surface area contributed by atoms with Gasteiger partial charge < -0.3 is 4.74 Å². The summed E-state index contributed by atoms with van der Waals surface area (Å²) in [5.74, 6) is 3.23. The standard InChI is InChI=1S/C11H11Br2N3OS2/c12-7-3-1-2-4-8(7)17-9(13)5-19-6-10-14-11(18)16-15-10/h1-4,9H,5-6H2,(H2,14,15,16,18). The highest BCUT2D eigenvalue weighted by atomic mass is 79.9. The summed E-state index contributed by atoms with van der Waals surface area (Å²) in [7, 11) is 0. The van der Waals surface area contributed by atoms with Gasteiger partial charge in [-0.25, -0.2) is 4.98 Å². The van der Waals surface area contributed by atoms with Gasteiger partial charge in [0, 0.05) is 5.75 Å². The zero-order chi connectivity index (χ0) is 13.7. The van der Waals surface area contributed by atoms with Gasteiger partial charge in [0.1, 0.15) is 11.6 Å². The molecule has 0 aliphatic rings. The van der Waals surface area contributed by atoms with Crippen molar-refractivity contribution in [3.05, 3.63) is 39.3 Å². The van der Waals surface area contributed by atoms with Gasteiger partial charge in [0.25, 0.3) is 0 Å². The Morgan fingerprint density at radius 1 is 1.37 bits per heavy atom. The van der Waals surface area contributed by atoms with E-state index in [-0.39, 0.29) is 5.01 Å². The Hall–Kier alpha value is -0.310. The number of H-pyrrole nitrogens is 2. The zero-order valence-corrected chi connectivity index (χ0v) is 14.5. The molecule has 8 heteroatoms. The molecule has 1 aromatic carbocycles. The molecule has 0 saturated heterocycles. The first-order valence-electron chi connectivity index (χ1n) is 5.41. The van der Waals surface area contributed by atoms with Gasteiger partial charge in [-0.1, -0.05) is 12.1 Å². The van der Waals surface area contributed by atoms with Crippen molar-refractivity contribution in [3.8, 4) is 5.75 Å². The Bertz CT molecular complexity index is 587. The third-order valence-electron chi connectivity index (χ3n) is 2.13. The molecule has 1 atom stereocenters. The van der Waals surface area contributed by atoms with E-state index in [0.717, 1.165) is 27.6 Å². The maximum absolute atomic E-state index is 5.78. The molecule has 1 unspecified atom stereocenters. The van der Waals surface area contributed by atoms with E-state index in [1.807, 2.05) is 24.3 Å². The number of para-hydroxylation sites is 1. The fourth-order valence-corrected chi connectivity index (χ4v) is 3.34. The lowest BCUT2D eigenvalue weighted by atomic mass is 10.3. The van der Waals surface area contributed by atoms with Gasteiger partial charge in [0.15, 0.2) is 5.01 Å². The lowest BCUT2D eigenvalue weighted by Crippen LogP contribution is -2.11. The Labute approximate surface area is 137 Å². The lowest BCUT2D eigenvalue weighted by Gasteiger charge is -2.13. The molecule has 0 bridgehead atoms. The monoisotopic (exact) mass is 423 g/mol. The molecule has 102 valence electrons. The highest BCUT2D eigenvalue weighted by Gasteiger charge is 2.09. The van der Waals surface area contributed by atoms with Gasteiger partial charge in [0.05, 0.1) is 10.2 Å². The van der Waals surface area contributed by atoms with Crippen molar-refractivity contribution in [2.24, 2.45) is 0 Å². The third kappa shape index (κ3) is 4.94. The molecule has 1 heterocycles. The second kappa shape index (κ2) is 7.47. The van der Waals surface area contributed by atoms with Crippen LogP contribution in [-0.4, -0.2) is 25.9 Å². The maximum atomic E-state index is 5.78. The van der Waals surface area contributed by atoms with Crippen LogP contribution in [0.15, 0.2) is 28.7 Å². The second-order valence-corrected chi connectivity index (χ2v) is 6.88. The Kier molecular flexibility index (Phi) is 5.93. The van der Waals surface area contributed by atoms with Crippen molar-refractivity contribution in [1.82, 2.24) is 15.2 Å². The number of hydrogen-bond acceptors (Lipinski definition) is 4. The number of aromatic amines is 2. The first-order valence-corrected chi connectivity index (χ1v) is 8.69. The van der Waals surface area contributed by atoms with Crippen LogP contribution in [0.25, 0.3) is 0 Å². The number of aromatic nitrogens is 3. The van der Waals surface area contributed by atoms with Gasteiger partial charge in [-0.2, -0.15) is 0 Å². The summed E-state index contributed by atoms with van der Waals surface area (Å²) in [6.07, 6.45) is 0. The summed E-state index contributed by atoms with van der Waals surface area (Å²) < 4.78 is 7.21. The highest BCUT2D eigenvalue weighted by Crippen LogP contribution is 2.27. The van der Waals surface area contributed by atoms with Crippen LogP contribution in [-0.2, 0) is 5.75 Å². The van der Waals surface area contributed by atoms with Crippen molar-refractivity contribution < 1.29 is 4.74 Å². The molecule has 4 nitrogen and oxygen atoms in total. The van der Waals surface area contributed by atoms with Crippen molar-refractivity contribution in [2.45, 2.75) is 10.8 Å². The smallest absolute Gasteiger partial charge is 0.213 e. The van der Waals surface area contributed by atoms with Gasteiger partial charge >= 0.3 is 0 Å². The average Bonchev–Trinajstić information content (AvgIpc) is 2.78. The number of halogens is 2. The maximum Gasteiger partial charge on any atom is 0.213 e. The fraction of sp³-hybridized carbons (Fsp3) is 0.273. The first-order chi connectivity index (χ1) is 9.15. The van der Waals surface area contributed by atoms with E-state index in [1.54, 1.807) is 11.8 Å². The molecule has 0 aliphatic carbocycles. The van der Waals surface area contributed by atoms with Gasteiger partial charge in [0.2, 0.25) is 4.77 Å². The third-order valence-corrected chi connectivity index (χ3v) is 4.93. The zero-order valence-electron chi connectivity index (χ0n) is 9.73. The molecular formula is C11H11Br2N3OS2. The number of hydrogen-bond donors (Lipinski definition) is 2. The molecule has 0 radical (unpaired) electrons. The minimum Gasteiger partial charge on any atom is -0.477 e. The summed E-state index contributed by atoms with van der Waals surface area (Å²) in [4.78, 5) is 4.12. The molecule has 1 aromatic heterocycles. The Morgan fingerprint density at radius 3 is 2.84 bits per heavy atom. The van der Waals surface area contributed by atoms with Crippen molar-refractivity contribution in [1.29, 1.82) is 0 Å². The normalized spacial score (nSPS) is 12.3. The van der Waals surface area contributed by atoms with E-state index in [2.05, 4.69) is 47.0 Å². The van der Waals surface area contributed by atoms with Crippen LogP contribution in [0.3, 0.4) is 0 Å². The van der Waals surface area contributed by atoms with Crippen molar-refractivity contribution >= 4 is 55.8 Å². The number of rotatable bonds is 6. The fourth-order valence-electron chi connectivity index (χ4n) is 1.33. The molecule has 0 amide bonds. The largest absolute Gasteiger partial charge is 0.477 e. The van der Waals surface area contributed by atoms with Crippen molar-refractivity contribution in [3.63, 3.8) is 0 Å². The SMILES string of the molecule is S=c1nc(CSCC(Br)Oc2ccccc2Br)[nH][nH]1. The van der Waals surface area contributed by atoms with E-state index in [1.165, 1.54) is 0 Å². The van der Waals surface area contributed by atoms with Crippen LogP contribution >= 0.6 is 55.8 Å². The summed E-state index contributed by atoms with van der Waals surface area (Å²) >= 11 is 13.5. The molecular weight excluding hydrogens is 414 g/mol. The van der Waals surface area contributed by atoms with Crippen LogP contribution in [0.2, 0.25) is 0 Å². The molecule has 2 N–H and O–H groups in total.